The number of para-hydroxylation sites is 2. The van der Waals surface area contributed by atoms with Crippen LogP contribution in [0.5, 0.6) is 0 Å². The van der Waals surface area contributed by atoms with Crippen molar-refractivity contribution in [2.45, 2.75) is 0 Å². The second-order valence-corrected chi connectivity index (χ2v) is 14.0. The molecule has 0 aliphatic heterocycles. The minimum atomic E-state index is 0.858. The van der Waals surface area contributed by atoms with Gasteiger partial charge in [-0.25, -0.2) is 0 Å². The molecule has 264 valence electrons. The molecule has 0 saturated carbocycles. The van der Waals surface area contributed by atoms with Crippen LogP contribution in [0.25, 0.3) is 77.6 Å². The normalized spacial score (nSPS) is 11.2. The summed E-state index contributed by atoms with van der Waals surface area (Å²) in [5.41, 5.74) is 16.7. The summed E-state index contributed by atoms with van der Waals surface area (Å²) >= 11 is 0. The second kappa shape index (κ2) is 14.4. The van der Waals surface area contributed by atoms with Gasteiger partial charge in [0.15, 0.2) is 0 Å². The predicted octanol–water partition coefficient (Wildman–Crippen LogP) is 15.4. The zero-order chi connectivity index (χ0) is 37.3. The van der Waals surface area contributed by atoms with Crippen LogP contribution in [-0.2, 0) is 0 Å². The molecule has 0 spiro atoms. The number of rotatable bonds is 8. The van der Waals surface area contributed by atoms with Crippen LogP contribution < -0.4 is 4.90 Å². The first-order valence-corrected chi connectivity index (χ1v) is 19.1. The summed E-state index contributed by atoms with van der Waals surface area (Å²) in [4.78, 5) is 2.37. The summed E-state index contributed by atoms with van der Waals surface area (Å²) in [6, 6.07) is 80.0. The van der Waals surface area contributed by atoms with Gasteiger partial charge in [-0.3, -0.25) is 0 Å². The maximum atomic E-state index is 6.47. The summed E-state index contributed by atoms with van der Waals surface area (Å²) in [5, 5.41) is 2.22. The van der Waals surface area contributed by atoms with E-state index in [4.69, 9.17) is 4.42 Å². The Morgan fingerprint density at radius 3 is 1.30 bits per heavy atom. The average Bonchev–Trinajstić information content (AvgIpc) is 3.66. The molecule has 10 aromatic rings. The fourth-order valence-corrected chi connectivity index (χ4v) is 8.11. The molecule has 0 bridgehead atoms. The highest BCUT2D eigenvalue weighted by molar-refractivity contribution is 6.06. The van der Waals surface area contributed by atoms with E-state index in [0.29, 0.717) is 0 Å². The van der Waals surface area contributed by atoms with E-state index in [1.165, 1.54) is 38.9 Å². The second-order valence-electron chi connectivity index (χ2n) is 14.0. The Morgan fingerprint density at radius 1 is 0.268 bits per heavy atom. The van der Waals surface area contributed by atoms with E-state index in [-0.39, 0.29) is 0 Å². The van der Waals surface area contributed by atoms with Crippen LogP contribution in [0.15, 0.2) is 229 Å². The Morgan fingerprint density at radius 2 is 0.679 bits per heavy atom. The Kier molecular flexibility index (Phi) is 8.55. The lowest BCUT2D eigenvalue weighted by Gasteiger charge is -2.28. The minimum Gasteiger partial charge on any atom is -0.456 e. The van der Waals surface area contributed by atoms with Gasteiger partial charge in [-0.15, -0.1) is 0 Å². The van der Waals surface area contributed by atoms with Crippen molar-refractivity contribution >= 4 is 39.0 Å². The Labute approximate surface area is 327 Å². The molecule has 0 amide bonds. The van der Waals surface area contributed by atoms with Gasteiger partial charge >= 0.3 is 0 Å². The molecular weight excluding hydrogens is 679 g/mol. The van der Waals surface area contributed by atoms with Crippen LogP contribution in [0.3, 0.4) is 0 Å². The maximum absolute atomic E-state index is 6.47. The van der Waals surface area contributed by atoms with Gasteiger partial charge in [-0.05, 0) is 86.5 Å². The number of anilines is 3. The van der Waals surface area contributed by atoms with E-state index in [1.807, 2.05) is 12.1 Å². The quantitative estimate of drug-likeness (QED) is 0.156. The zero-order valence-corrected chi connectivity index (χ0v) is 30.7. The van der Waals surface area contributed by atoms with Gasteiger partial charge in [0.1, 0.15) is 11.2 Å². The molecule has 56 heavy (non-hydrogen) atoms. The van der Waals surface area contributed by atoms with E-state index in [0.717, 1.165) is 55.7 Å². The molecule has 2 heteroatoms. The number of furan rings is 1. The smallest absolute Gasteiger partial charge is 0.137 e. The average molecular weight is 716 g/mol. The third-order valence-electron chi connectivity index (χ3n) is 10.7. The predicted molar refractivity (Wildman–Crippen MR) is 236 cm³/mol. The maximum Gasteiger partial charge on any atom is 0.137 e. The molecule has 2 nitrogen and oxygen atoms in total. The lowest BCUT2D eigenvalue weighted by atomic mass is 9.88. The van der Waals surface area contributed by atoms with Crippen molar-refractivity contribution in [2.75, 3.05) is 4.90 Å². The van der Waals surface area contributed by atoms with Gasteiger partial charge in [0.05, 0.1) is 5.69 Å². The van der Waals surface area contributed by atoms with Crippen molar-refractivity contribution in [3.05, 3.63) is 224 Å². The largest absolute Gasteiger partial charge is 0.456 e. The van der Waals surface area contributed by atoms with Gasteiger partial charge in [0.25, 0.3) is 0 Å². The monoisotopic (exact) mass is 715 g/mol. The van der Waals surface area contributed by atoms with Crippen LogP contribution in [-0.4, -0.2) is 0 Å². The van der Waals surface area contributed by atoms with Crippen LogP contribution in [0.2, 0.25) is 0 Å². The van der Waals surface area contributed by atoms with Crippen LogP contribution in [0.1, 0.15) is 0 Å². The summed E-state index contributed by atoms with van der Waals surface area (Å²) in [6.07, 6.45) is 0. The first kappa shape index (κ1) is 33.2. The Bertz CT molecular complexity index is 2960. The SMILES string of the molecule is c1ccc(-c2ccccc2-c2ccc(N(c3ccc4c(c3)oc3ccccc34)c3ccccc3-c3ccccc3-c3ccccc3-c3ccccc3)cc2)cc1. The highest BCUT2D eigenvalue weighted by Crippen LogP contribution is 2.46. The highest BCUT2D eigenvalue weighted by atomic mass is 16.3. The molecule has 1 aromatic heterocycles. The lowest BCUT2D eigenvalue weighted by Crippen LogP contribution is -2.11. The van der Waals surface area contributed by atoms with Gasteiger partial charge in [-0.2, -0.15) is 0 Å². The molecule has 0 unspecified atom stereocenters. The van der Waals surface area contributed by atoms with E-state index < -0.39 is 0 Å². The summed E-state index contributed by atoms with van der Waals surface area (Å²) in [5.74, 6) is 0. The molecule has 0 saturated heterocycles. The van der Waals surface area contributed by atoms with Crippen molar-refractivity contribution in [3.63, 3.8) is 0 Å². The van der Waals surface area contributed by atoms with E-state index in [1.54, 1.807) is 0 Å². The molecule has 9 aromatic carbocycles. The van der Waals surface area contributed by atoms with Crippen LogP contribution >= 0.6 is 0 Å². The van der Waals surface area contributed by atoms with Crippen LogP contribution in [0.4, 0.5) is 17.1 Å². The molecule has 0 fully saturated rings. The van der Waals surface area contributed by atoms with Crippen molar-refractivity contribution < 1.29 is 4.42 Å². The van der Waals surface area contributed by atoms with Crippen molar-refractivity contribution in [1.29, 1.82) is 0 Å². The van der Waals surface area contributed by atoms with Gasteiger partial charge in [-0.1, -0.05) is 182 Å². The van der Waals surface area contributed by atoms with Crippen molar-refractivity contribution in [3.8, 4) is 55.6 Å². The topological polar surface area (TPSA) is 16.4 Å². The first-order valence-electron chi connectivity index (χ1n) is 19.1. The Balaban J connectivity index is 1.15. The number of nitrogens with zero attached hydrogens (tertiary/aromatic N) is 1. The summed E-state index contributed by atoms with van der Waals surface area (Å²) in [6.45, 7) is 0. The van der Waals surface area contributed by atoms with Crippen molar-refractivity contribution in [2.24, 2.45) is 0 Å². The fourth-order valence-electron chi connectivity index (χ4n) is 8.11. The number of fused-ring (bicyclic) bond motifs is 3. The third-order valence-corrected chi connectivity index (χ3v) is 10.7. The minimum absolute atomic E-state index is 0.858. The lowest BCUT2D eigenvalue weighted by molar-refractivity contribution is 0.669. The van der Waals surface area contributed by atoms with E-state index >= 15 is 0 Å². The fraction of sp³-hybridized carbons (Fsp3) is 0. The van der Waals surface area contributed by atoms with Gasteiger partial charge in [0.2, 0.25) is 0 Å². The third kappa shape index (κ3) is 6.04. The molecule has 0 atom stereocenters. The van der Waals surface area contributed by atoms with E-state index in [2.05, 4.69) is 217 Å². The van der Waals surface area contributed by atoms with Crippen molar-refractivity contribution in [1.82, 2.24) is 0 Å². The number of hydrogen-bond donors (Lipinski definition) is 0. The summed E-state index contributed by atoms with van der Waals surface area (Å²) < 4.78 is 6.47. The molecule has 1 heterocycles. The van der Waals surface area contributed by atoms with Gasteiger partial charge < -0.3 is 9.32 Å². The molecule has 10 rings (SSSR count). The Hall–Kier alpha value is -7.42. The molecule has 0 aliphatic rings. The zero-order valence-electron chi connectivity index (χ0n) is 30.7. The number of benzene rings is 9. The first-order chi connectivity index (χ1) is 27.8. The molecule has 0 N–H and O–H groups in total. The highest BCUT2D eigenvalue weighted by Gasteiger charge is 2.21. The standard InChI is InChI=1S/C54H37NO/c1-3-17-38(18-4-1)43-21-7-8-22-44(43)40-31-33-41(34-32-40)55(42-35-36-51-50-28-14-16-30-53(50)56-54(51)37-42)52-29-15-13-27-49(52)48-26-12-11-25-47(48)46-24-10-9-23-45(46)39-19-5-2-6-20-39/h1-37H. The van der Waals surface area contributed by atoms with E-state index in [9.17, 15) is 0 Å². The summed E-state index contributed by atoms with van der Waals surface area (Å²) in [7, 11) is 0. The molecule has 0 radical (unpaired) electrons. The molecule has 0 aliphatic carbocycles. The van der Waals surface area contributed by atoms with Gasteiger partial charge in [0, 0.05) is 33.8 Å². The van der Waals surface area contributed by atoms with Crippen LogP contribution in [0, 0.1) is 0 Å². The number of hydrogen-bond acceptors (Lipinski definition) is 2. The molecular formula is C54H37NO.